The van der Waals surface area contributed by atoms with E-state index in [1.807, 2.05) is 0 Å². The zero-order chi connectivity index (χ0) is 15.9. The number of rotatable bonds is 10. The molecule has 0 aliphatic heterocycles. The van der Waals surface area contributed by atoms with Crippen molar-refractivity contribution in [2.45, 2.75) is 45.7 Å². The standard InChI is InChI=1S/C15H33N3O2/c1-12(2)11-18(9-8-17(6)7)13(3)10-15(4,16-5)14(19)20/h12-13,16H,8-11H2,1-7H3,(H,19,20). The van der Waals surface area contributed by atoms with Crippen LogP contribution < -0.4 is 5.32 Å². The molecular formula is C15H33N3O2. The molecular weight excluding hydrogens is 254 g/mol. The largest absolute Gasteiger partial charge is 0.480 e. The van der Waals surface area contributed by atoms with Crippen LogP contribution in [0.5, 0.6) is 0 Å². The van der Waals surface area contributed by atoms with Gasteiger partial charge in [0.1, 0.15) is 5.54 Å². The number of hydrogen-bond acceptors (Lipinski definition) is 4. The molecule has 0 spiro atoms. The highest BCUT2D eigenvalue weighted by Gasteiger charge is 2.34. The monoisotopic (exact) mass is 287 g/mol. The second-order valence-electron chi connectivity index (χ2n) is 6.63. The van der Waals surface area contributed by atoms with Crippen molar-refractivity contribution in [3.8, 4) is 0 Å². The Bertz CT molecular complexity index is 295. The van der Waals surface area contributed by atoms with Crippen LogP contribution in [0.15, 0.2) is 0 Å². The summed E-state index contributed by atoms with van der Waals surface area (Å²) in [7, 11) is 5.84. The Morgan fingerprint density at radius 1 is 1.25 bits per heavy atom. The van der Waals surface area contributed by atoms with Crippen molar-refractivity contribution in [2.75, 3.05) is 40.8 Å². The first-order chi connectivity index (χ1) is 9.12. The van der Waals surface area contributed by atoms with Gasteiger partial charge in [-0.15, -0.1) is 0 Å². The van der Waals surface area contributed by atoms with Crippen LogP contribution in [0.1, 0.15) is 34.1 Å². The number of hydrogen-bond donors (Lipinski definition) is 2. The predicted molar refractivity (Wildman–Crippen MR) is 84.1 cm³/mol. The molecule has 2 atom stereocenters. The van der Waals surface area contributed by atoms with E-state index in [0.29, 0.717) is 12.3 Å². The fraction of sp³-hybridized carbons (Fsp3) is 0.933. The van der Waals surface area contributed by atoms with Crippen molar-refractivity contribution in [3.63, 3.8) is 0 Å². The van der Waals surface area contributed by atoms with E-state index in [1.165, 1.54) is 0 Å². The van der Waals surface area contributed by atoms with Crippen molar-refractivity contribution >= 4 is 5.97 Å². The van der Waals surface area contributed by atoms with Crippen molar-refractivity contribution in [2.24, 2.45) is 5.92 Å². The first kappa shape index (κ1) is 19.4. The number of likely N-dealkylation sites (N-methyl/N-ethyl adjacent to an activating group) is 2. The van der Waals surface area contributed by atoms with Crippen molar-refractivity contribution in [1.29, 1.82) is 0 Å². The minimum absolute atomic E-state index is 0.228. The summed E-state index contributed by atoms with van der Waals surface area (Å²) in [4.78, 5) is 16.0. The molecule has 0 heterocycles. The number of nitrogens with one attached hydrogen (secondary N) is 1. The molecule has 0 saturated carbocycles. The van der Waals surface area contributed by atoms with Crippen LogP contribution in [0.25, 0.3) is 0 Å². The molecule has 0 fully saturated rings. The minimum atomic E-state index is -0.868. The molecule has 0 saturated heterocycles. The zero-order valence-corrected chi connectivity index (χ0v) is 14.2. The normalized spacial score (nSPS) is 16.7. The quantitative estimate of drug-likeness (QED) is 0.635. The summed E-state index contributed by atoms with van der Waals surface area (Å²) >= 11 is 0. The van der Waals surface area contributed by atoms with Crippen LogP contribution in [0, 0.1) is 5.92 Å². The van der Waals surface area contributed by atoms with Gasteiger partial charge in [-0.1, -0.05) is 13.8 Å². The minimum Gasteiger partial charge on any atom is -0.480 e. The second-order valence-corrected chi connectivity index (χ2v) is 6.63. The van der Waals surface area contributed by atoms with E-state index in [9.17, 15) is 9.90 Å². The number of nitrogens with zero attached hydrogens (tertiary/aromatic N) is 2. The molecule has 120 valence electrons. The Balaban J connectivity index is 4.75. The van der Waals surface area contributed by atoms with Crippen LogP contribution in [-0.4, -0.2) is 73.2 Å². The molecule has 0 rings (SSSR count). The van der Waals surface area contributed by atoms with Gasteiger partial charge in [0.15, 0.2) is 0 Å². The third-order valence-electron chi connectivity index (χ3n) is 3.78. The number of aliphatic carboxylic acids is 1. The lowest BCUT2D eigenvalue weighted by Crippen LogP contribution is -2.53. The third kappa shape index (κ3) is 6.68. The number of carboxylic acids is 1. The molecule has 5 nitrogen and oxygen atoms in total. The average Bonchev–Trinajstić information content (AvgIpc) is 2.33. The van der Waals surface area contributed by atoms with E-state index in [4.69, 9.17) is 0 Å². The summed E-state index contributed by atoms with van der Waals surface area (Å²) < 4.78 is 0. The molecule has 2 unspecified atom stereocenters. The lowest BCUT2D eigenvalue weighted by Gasteiger charge is -2.36. The highest BCUT2D eigenvalue weighted by molar-refractivity contribution is 5.78. The van der Waals surface area contributed by atoms with Gasteiger partial charge in [0.05, 0.1) is 0 Å². The maximum absolute atomic E-state index is 11.4. The summed E-state index contributed by atoms with van der Waals surface area (Å²) in [5, 5.41) is 12.3. The first-order valence-electron chi connectivity index (χ1n) is 7.43. The van der Waals surface area contributed by atoms with Gasteiger partial charge >= 0.3 is 5.97 Å². The lowest BCUT2D eigenvalue weighted by atomic mass is 9.92. The Kier molecular flexibility index (Phi) is 8.32. The van der Waals surface area contributed by atoms with Crippen LogP contribution in [-0.2, 0) is 4.79 Å². The molecule has 2 N–H and O–H groups in total. The smallest absolute Gasteiger partial charge is 0.323 e. The van der Waals surface area contributed by atoms with Crippen LogP contribution >= 0.6 is 0 Å². The Morgan fingerprint density at radius 2 is 1.80 bits per heavy atom. The maximum Gasteiger partial charge on any atom is 0.323 e. The fourth-order valence-corrected chi connectivity index (χ4v) is 2.31. The molecule has 0 aromatic carbocycles. The van der Waals surface area contributed by atoms with Gasteiger partial charge < -0.3 is 15.3 Å². The van der Waals surface area contributed by atoms with Crippen molar-refractivity contribution in [1.82, 2.24) is 15.1 Å². The van der Waals surface area contributed by atoms with Gasteiger partial charge in [-0.2, -0.15) is 0 Å². The van der Waals surface area contributed by atoms with Crippen LogP contribution in [0.2, 0.25) is 0 Å². The van der Waals surface area contributed by atoms with Gasteiger partial charge in [-0.05, 0) is 47.3 Å². The van der Waals surface area contributed by atoms with E-state index < -0.39 is 11.5 Å². The predicted octanol–water partition coefficient (Wildman–Crippen LogP) is 1.35. The molecule has 0 radical (unpaired) electrons. The van der Waals surface area contributed by atoms with Gasteiger partial charge in [0, 0.05) is 25.7 Å². The van der Waals surface area contributed by atoms with Gasteiger partial charge in [-0.3, -0.25) is 9.69 Å². The molecule has 20 heavy (non-hydrogen) atoms. The van der Waals surface area contributed by atoms with Crippen molar-refractivity contribution in [3.05, 3.63) is 0 Å². The summed E-state index contributed by atoms with van der Waals surface area (Å²) in [5.41, 5.74) is -0.868. The summed E-state index contributed by atoms with van der Waals surface area (Å²) in [6.45, 7) is 11.2. The van der Waals surface area contributed by atoms with E-state index in [1.54, 1.807) is 14.0 Å². The zero-order valence-electron chi connectivity index (χ0n) is 14.2. The second kappa shape index (κ2) is 8.60. The van der Waals surface area contributed by atoms with Crippen LogP contribution in [0.3, 0.4) is 0 Å². The SMILES string of the molecule is CNC(C)(CC(C)N(CCN(C)C)CC(C)C)C(=O)O. The molecule has 0 amide bonds. The van der Waals surface area contributed by atoms with Gasteiger partial charge in [0.2, 0.25) is 0 Å². The van der Waals surface area contributed by atoms with E-state index in [0.717, 1.165) is 19.6 Å². The van der Waals surface area contributed by atoms with E-state index >= 15 is 0 Å². The number of carbonyl (C=O) groups is 1. The molecule has 0 bridgehead atoms. The fourth-order valence-electron chi connectivity index (χ4n) is 2.31. The molecule has 0 aliphatic rings. The average molecular weight is 287 g/mol. The molecule has 0 aliphatic carbocycles. The first-order valence-corrected chi connectivity index (χ1v) is 7.43. The Labute approximate surface area is 124 Å². The molecule has 0 aromatic rings. The topological polar surface area (TPSA) is 55.8 Å². The van der Waals surface area contributed by atoms with Crippen LogP contribution in [0.4, 0.5) is 0 Å². The van der Waals surface area contributed by atoms with Crippen molar-refractivity contribution < 1.29 is 9.90 Å². The Hall–Kier alpha value is -0.650. The highest BCUT2D eigenvalue weighted by Crippen LogP contribution is 2.17. The van der Waals surface area contributed by atoms with Gasteiger partial charge in [0.25, 0.3) is 0 Å². The van der Waals surface area contributed by atoms with Gasteiger partial charge in [-0.25, -0.2) is 0 Å². The molecule has 5 heteroatoms. The lowest BCUT2D eigenvalue weighted by molar-refractivity contribution is -0.144. The summed E-state index contributed by atoms with van der Waals surface area (Å²) in [6, 6.07) is 0.228. The van der Waals surface area contributed by atoms with E-state index in [-0.39, 0.29) is 6.04 Å². The number of carboxylic acid groups (broad SMARTS) is 1. The maximum atomic E-state index is 11.4. The third-order valence-corrected chi connectivity index (χ3v) is 3.78. The highest BCUT2D eigenvalue weighted by atomic mass is 16.4. The Morgan fingerprint density at radius 3 is 2.15 bits per heavy atom. The molecule has 0 aromatic heterocycles. The van der Waals surface area contributed by atoms with E-state index in [2.05, 4.69) is 50.0 Å². The summed E-state index contributed by atoms with van der Waals surface area (Å²) in [6.07, 6.45) is 0.596. The summed E-state index contributed by atoms with van der Waals surface area (Å²) in [5.74, 6) is -0.214.